The van der Waals surface area contributed by atoms with Crippen molar-refractivity contribution >= 4 is 41.0 Å². The summed E-state index contributed by atoms with van der Waals surface area (Å²) in [5.41, 5.74) is 0. The molecule has 0 aliphatic heterocycles. The van der Waals surface area contributed by atoms with Crippen LogP contribution in [0.3, 0.4) is 0 Å². The van der Waals surface area contributed by atoms with Gasteiger partial charge in [0.25, 0.3) is 0 Å². The van der Waals surface area contributed by atoms with Crippen LogP contribution in [0.2, 0.25) is 5.02 Å². The summed E-state index contributed by atoms with van der Waals surface area (Å²) in [7, 11) is 0. The number of benzene rings is 1. The summed E-state index contributed by atoms with van der Waals surface area (Å²) < 4.78 is 5.27. The number of thioether (sulfide) groups is 2. The van der Waals surface area contributed by atoms with Crippen molar-refractivity contribution in [1.82, 2.24) is 5.32 Å². The molecule has 0 fully saturated rings. The van der Waals surface area contributed by atoms with Crippen LogP contribution in [0.15, 0.2) is 52.0 Å². The summed E-state index contributed by atoms with van der Waals surface area (Å²) in [5.74, 6) is 2.76. The van der Waals surface area contributed by atoms with Gasteiger partial charge in [0.1, 0.15) is 5.76 Å². The molecule has 1 amide bonds. The minimum absolute atomic E-state index is 0.0775. The predicted molar refractivity (Wildman–Crippen MR) is 99.3 cm³/mol. The van der Waals surface area contributed by atoms with Gasteiger partial charge in [-0.1, -0.05) is 18.5 Å². The maximum absolute atomic E-state index is 12.3. The summed E-state index contributed by atoms with van der Waals surface area (Å²) >= 11 is 9.21. The predicted octanol–water partition coefficient (Wildman–Crippen LogP) is 4.85. The van der Waals surface area contributed by atoms with Gasteiger partial charge < -0.3 is 9.73 Å². The van der Waals surface area contributed by atoms with Crippen LogP contribution >= 0.6 is 35.1 Å². The highest BCUT2D eigenvalue weighted by molar-refractivity contribution is 8.00. The minimum atomic E-state index is -0.0775. The van der Waals surface area contributed by atoms with E-state index in [0.29, 0.717) is 11.6 Å². The molecular formula is C17H20ClNO2S2. The zero-order chi connectivity index (χ0) is 16.5. The van der Waals surface area contributed by atoms with Gasteiger partial charge in [-0.25, -0.2) is 0 Å². The Morgan fingerprint density at radius 1 is 1.30 bits per heavy atom. The van der Waals surface area contributed by atoms with E-state index >= 15 is 0 Å². The van der Waals surface area contributed by atoms with Crippen molar-refractivity contribution in [2.75, 3.05) is 12.3 Å². The third kappa shape index (κ3) is 6.53. The Morgan fingerprint density at radius 2 is 2.09 bits per heavy atom. The highest BCUT2D eigenvalue weighted by Gasteiger charge is 2.17. The number of nitrogens with one attached hydrogen (secondary N) is 1. The molecule has 1 aromatic heterocycles. The third-order valence-corrected chi connectivity index (χ3v) is 5.73. The number of carbonyl (C=O) groups excluding carboxylic acids is 1. The Balaban J connectivity index is 1.68. The van der Waals surface area contributed by atoms with Crippen molar-refractivity contribution in [3.8, 4) is 0 Å². The molecule has 2 rings (SSSR count). The highest BCUT2D eigenvalue weighted by Crippen LogP contribution is 2.26. The lowest BCUT2D eigenvalue weighted by Crippen LogP contribution is -2.33. The van der Waals surface area contributed by atoms with Crippen LogP contribution in [-0.4, -0.2) is 23.5 Å². The van der Waals surface area contributed by atoms with Gasteiger partial charge in [-0.05, 0) is 42.8 Å². The molecule has 0 radical (unpaired) electrons. The molecule has 0 unspecified atom stereocenters. The minimum Gasteiger partial charge on any atom is -0.468 e. The van der Waals surface area contributed by atoms with E-state index < -0.39 is 0 Å². The lowest BCUT2D eigenvalue weighted by Gasteiger charge is -2.14. The molecule has 0 aliphatic rings. The Kier molecular flexibility index (Phi) is 7.92. The SMILES string of the molecule is CC[C@@H](Sc1ccc(Cl)cc1)C(=O)NCCSCc1ccco1. The van der Waals surface area contributed by atoms with Gasteiger partial charge in [0.05, 0.1) is 17.3 Å². The number of carbonyl (C=O) groups is 1. The molecule has 0 saturated carbocycles. The average molecular weight is 370 g/mol. The topological polar surface area (TPSA) is 42.2 Å². The summed E-state index contributed by atoms with van der Waals surface area (Å²) in [6, 6.07) is 11.4. The molecule has 2 aromatic rings. The van der Waals surface area contributed by atoms with Crippen LogP contribution in [0.4, 0.5) is 0 Å². The molecule has 1 aromatic carbocycles. The smallest absolute Gasteiger partial charge is 0.233 e. The molecule has 124 valence electrons. The number of hydrogen-bond acceptors (Lipinski definition) is 4. The lowest BCUT2D eigenvalue weighted by molar-refractivity contribution is -0.120. The molecule has 0 spiro atoms. The summed E-state index contributed by atoms with van der Waals surface area (Å²) in [5, 5.41) is 3.64. The molecular weight excluding hydrogens is 350 g/mol. The second-order valence-corrected chi connectivity index (χ2v) is 7.71. The fraction of sp³-hybridized carbons (Fsp3) is 0.353. The first kappa shape index (κ1) is 18.3. The van der Waals surface area contributed by atoms with E-state index in [2.05, 4.69) is 5.32 Å². The van der Waals surface area contributed by atoms with E-state index in [-0.39, 0.29) is 11.2 Å². The second-order valence-electron chi connectivity index (χ2n) is 4.89. The first-order valence-corrected chi connectivity index (χ1v) is 9.90. The molecule has 3 nitrogen and oxygen atoms in total. The maximum atomic E-state index is 12.3. The quantitative estimate of drug-likeness (QED) is 0.506. The first-order valence-electron chi connectivity index (χ1n) is 7.49. The van der Waals surface area contributed by atoms with E-state index in [0.717, 1.165) is 28.6 Å². The number of amides is 1. The van der Waals surface area contributed by atoms with Crippen LogP contribution in [0.25, 0.3) is 0 Å². The van der Waals surface area contributed by atoms with Gasteiger partial charge in [0, 0.05) is 22.2 Å². The van der Waals surface area contributed by atoms with E-state index in [1.807, 2.05) is 43.3 Å². The fourth-order valence-electron chi connectivity index (χ4n) is 1.93. The summed E-state index contributed by atoms with van der Waals surface area (Å²) in [6.07, 6.45) is 2.47. The van der Waals surface area contributed by atoms with Gasteiger partial charge in [-0.2, -0.15) is 11.8 Å². The van der Waals surface area contributed by atoms with Crippen LogP contribution < -0.4 is 5.32 Å². The van der Waals surface area contributed by atoms with Crippen molar-refractivity contribution in [2.24, 2.45) is 0 Å². The Labute approximate surface area is 150 Å². The fourth-order valence-corrected chi connectivity index (χ4v) is 3.79. The molecule has 0 bridgehead atoms. The zero-order valence-electron chi connectivity index (χ0n) is 13.0. The Morgan fingerprint density at radius 3 is 2.74 bits per heavy atom. The largest absolute Gasteiger partial charge is 0.468 e. The molecule has 0 saturated heterocycles. The number of rotatable bonds is 9. The zero-order valence-corrected chi connectivity index (χ0v) is 15.3. The van der Waals surface area contributed by atoms with Crippen molar-refractivity contribution < 1.29 is 9.21 Å². The highest BCUT2D eigenvalue weighted by atomic mass is 35.5. The van der Waals surface area contributed by atoms with E-state index in [1.165, 1.54) is 0 Å². The van der Waals surface area contributed by atoms with Crippen LogP contribution in [-0.2, 0) is 10.5 Å². The van der Waals surface area contributed by atoms with E-state index in [1.54, 1.807) is 29.8 Å². The van der Waals surface area contributed by atoms with E-state index in [4.69, 9.17) is 16.0 Å². The van der Waals surface area contributed by atoms with Gasteiger partial charge in [-0.3, -0.25) is 4.79 Å². The Bertz CT molecular complexity index is 587. The second kappa shape index (κ2) is 9.96. The van der Waals surface area contributed by atoms with Crippen molar-refractivity contribution in [1.29, 1.82) is 0 Å². The van der Waals surface area contributed by atoms with Crippen molar-refractivity contribution in [3.63, 3.8) is 0 Å². The number of hydrogen-bond donors (Lipinski definition) is 1. The van der Waals surface area contributed by atoms with Gasteiger partial charge >= 0.3 is 0 Å². The standard InChI is InChI=1S/C17H20ClNO2S2/c1-2-16(23-15-7-5-13(18)6-8-15)17(20)19-9-11-22-12-14-4-3-10-21-14/h3-8,10,16H,2,9,11-12H2,1H3,(H,19,20)/t16-/m1/s1. The number of furan rings is 1. The number of halogens is 1. The van der Waals surface area contributed by atoms with Crippen LogP contribution in [0, 0.1) is 0 Å². The maximum Gasteiger partial charge on any atom is 0.233 e. The van der Waals surface area contributed by atoms with Gasteiger partial charge in [0.2, 0.25) is 5.91 Å². The molecule has 1 atom stereocenters. The third-order valence-electron chi connectivity index (χ3n) is 3.13. The van der Waals surface area contributed by atoms with Crippen LogP contribution in [0.1, 0.15) is 19.1 Å². The molecule has 6 heteroatoms. The molecule has 1 heterocycles. The van der Waals surface area contributed by atoms with Crippen molar-refractivity contribution in [3.05, 3.63) is 53.4 Å². The molecule has 0 aliphatic carbocycles. The summed E-state index contributed by atoms with van der Waals surface area (Å²) in [4.78, 5) is 13.3. The van der Waals surface area contributed by atoms with Gasteiger partial charge in [-0.15, -0.1) is 11.8 Å². The Hall–Kier alpha value is -1.04. The van der Waals surface area contributed by atoms with Crippen LogP contribution in [0.5, 0.6) is 0 Å². The van der Waals surface area contributed by atoms with E-state index in [9.17, 15) is 4.79 Å². The summed E-state index contributed by atoms with van der Waals surface area (Å²) in [6.45, 7) is 2.70. The first-order chi connectivity index (χ1) is 11.2. The van der Waals surface area contributed by atoms with Gasteiger partial charge in [0.15, 0.2) is 0 Å². The monoisotopic (exact) mass is 369 g/mol. The average Bonchev–Trinajstić information content (AvgIpc) is 3.07. The van der Waals surface area contributed by atoms with Crippen molar-refractivity contribution in [2.45, 2.75) is 29.2 Å². The molecule has 23 heavy (non-hydrogen) atoms. The lowest BCUT2D eigenvalue weighted by atomic mass is 10.3. The normalized spacial score (nSPS) is 12.1. The molecule has 1 N–H and O–H groups in total.